The Morgan fingerprint density at radius 3 is 2.94 bits per heavy atom. The molecule has 1 unspecified atom stereocenters. The van der Waals surface area contributed by atoms with Crippen LogP contribution in [0.3, 0.4) is 0 Å². The summed E-state index contributed by atoms with van der Waals surface area (Å²) in [6.45, 7) is 1.97. The third-order valence-corrected chi connectivity index (χ3v) is 3.11. The summed E-state index contributed by atoms with van der Waals surface area (Å²) in [5.41, 5.74) is 0.772. The molecule has 1 aromatic carbocycles. The van der Waals surface area contributed by atoms with Crippen LogP contribution in [0.15, 0.2) is 18.2 Å². The summed E-state index contributed by atoms with van der Waals surface area (Å²) >= 11 is 5.84. The lowest BCUT2D eigenvalue weighted by Crippen LogP contribution is -2.38. The van der Waals surface area contributed by atoms with Gasteiger partial charge in [0.1, 0.15) is 5.02 Å². The van der Waals surface area contributed by atoms with Crippen LogP contribution in [0, 0.1) is 10.1 Å². The van der Waals surface area contributed by atoms with E-state index in [1.165, 1.54) is 6.07 Å². The summed E-state index contributed by atoms with van der Waals surface area (Å²) in [6.07, 6.45) is 2.24. The molecule has 0 amide bonds. The summed E-state index contributed by atoms with van der Waals surface area (Å²) in [5, 5.41) is 17.4. The van der Waals surface area contributed by atoms with Crippen molar-refractivity contribution in [3.05, 3.63) is 33.3 Å². The Labute approximate surface area is 104 Å². The van der Waals surface area contributed by atoms with E-state index in [4.69, 9.17) is 11.6 Å². The highest BCUT2D eigenvalue weighted by Crippen LogP contribution is 2.27. The highest BCUT2D eigenvalue weighted by Gasteiger charge is 2.15. The summed E-state index contributed by atoms with van der Waals surface area (Å²) in [4.78, 5) is 10.1. The van der Waals surface area contributed by atoms with Crippen molar-refractivity contribution in [1.82, 2.24) is 5.32 Å². The zero-order chi connectivity index (χ0) is 12.3. The van der Waals surface area contributed by atoms with Crippen LogP contribution in [0.5, 0.6) is 0 Å². The number of nitrogens with one attached hydrogen (secondary N) is 2. The number of nitro benzene ring substituents is 1. The van der Waals surface area contributed by atoms with Crippen LogP contribution in [0.2, 0.25) is 5.02 Å². The number of nitro groups is 1. The van der Waals surface area contributed by atoms with E-state index < -0.39 is 4.92 Å². The van der Waals surface area contributed by atoms with Crippen LogP contribution < -0.4 is 10.6 Å². The molecule has 0 spiro atoms. The monoisotopic (exact) mass is 255 g/mol. The maximum Gasteiger partial charge on any atom is 0.288 e. The first-order chi connectivity index (χ1) is 8.16. The van der Waals surface area contributed by atoms with Gasteiger partial charge in [-0.3, -0.25) is 10.1 Å². The lowest BCUT2D eigenvalue weighted by Gasteiger charge is -2.24. The molecule has 5 nitrogen and oxygen atoms in total. The minimum Gasteiger partial charge on any atom is -0.381 e. The van der Waals surface area contributed by atoms with Crippen LogP contribution in [-0.2, 0) is 0 Å². The molecule has 1 aliphatic heterocycles. The van der Waals surface area contributed by atoms with Gasteiger partial charge in [0.05, 0.1) is 4.92 Å². The Balaban J connectivity index is 2.06. The van der Waals surface area contributed by atoms with Gasteiger partial charge in [-0.15, -0.1) is 0 Å². The van der Waals surface area contributed by atoms with Gasteiger partial charge in [-0.05, 0) is 31.5 Å². The topological polar surface area (TPSA) is 67.2 Å². The number of nitrogens with zero attached hydrogens (tertiary/aromatic N) is 1. The normalized spacial score (nSPS) is 19.9. The molecular weight excluding hydrogens is 242 g/mol. The molecule has 1 heterocycles. The molecule has 0 radical (unpaired) electrons. The van der Waals surface area contributed by atoms with Crippen molar-refractivity contribution in [2.24, 2.45) is 0 Å². The molecule has 1 aromatic rings. The number of hydrogen-bond acceptors (Lipinski definition) is 4. The molecule has 0 saturated carbocycles. The van der Waals surface area contributed by atoms with Gasteiger partial charge in [0.15, 0.2) is 0 Å². The fraction of sp³-hybridized carbons (Fsp3) is 0.455. The highest BCUT2D eigenvalue weighted by molar-refractivity contribution is 6.32. The lowest BCUT2D eigenvalue weighted by molar-refractivity contribution is -0.384. The lowest BCUT2D eigenvalue weighted by atomic mass is 10.1. The molecule has 1 saturated heterocycles. The Morgan fingerprint density at radius 2 is 2.35 bits per heavy atom. The molecule has 92 valence electrons. The Bertz CT molecular complexity index is 419. The summed E-state index contributed by atoms with van der Waals surface area (Å²) < 4.78 is 0. The molecule has 2 rings (SSSR count). The van der Waals surface area contributed by atoms with E-state index >= 15 is 0 Å². The van der Waals surface area contributed by atoms with E-state index in [2.05, 4.69) is 10.6 Å². The van der Waals surface area contributed by atoms with E-state index in [1.807, 2.05) is 0 Å². The van der Waals surface area contributed by atoms with Gasteiger partial charge in [0.2, 0.25) is 0 Å². The van der Waals surface area contributed by atoms with Crippen molar-refractivity contribution in [3.8, 4) is 0 Å². The summed E-state index contributed by atoms with van der Waals surface area (Å²) in [6, 6.07) is 5.09. The van der Waals surface area contributed by atoms with Crippen molar-refractivity contribution in [2.75, 3.05) is 18.4 Å². The van der Waals surface area contributed by atoms with E-state index in [1.54, 1.807) is 12.1 Å². The molecule has 0 aromatic heterocycles. The van der Waals surface area contributed by atoms with Gasteiger partial charge in [-0.1, -0.05) is 11.6 Å². The first-order valence-electron chi connectivity index (χ1n) is 5.58. The van der Waals surface area contributed by atoms with Crippen molar-refractivity contribution in [1.29, 1.82) is 0 Å². The first kappa shape index (κ1) is 12.1. The van der Waals surface area contributed by atoms with Crippen LogP contribution >= 0.6 is 11.6 Å². The molecule has 1 atom stereocenters. The zero-order valence-electron chi connectivity index (χ0n) is 9.28. The van der Waals surface area contributed by atoms with Crippen molar-refractivity contribution >= 4 is 23.0 Å². The number of benzene rings is 1. The maximum atomic E-state index is 10.6. The second-order valence-electron chi connectivity index (χ2n) is 4.11. The predicted octanol–water partition coefficient (Wildman–Crippen LogP) is 2.41. The van der Waals surface area contributed by atoms with E-state index in [-0.39, 0.29) is 10.7 Å². The highest BCUT2D eigenvalue weighted by atomic mass is 35.5. The molecule has 0 aliphatic carbocycles. The Morgan fingerprint density at radius 1 is 1.53 bits per heavy atom. The molecule has 17 heavy (non-hydrogen) atoms. The Kier molecular flexibility index (Phi) is 3.81. The van der Waals surface area contributed by atoms with Crippen molar-refractivity contribution < 1.29 is 4.92 Å². The van der Waals surface area contributed by atoms with Gasteiger partial charge in [0, 0.05) is 24.3 Å². The number of rotatable bonds is 3. The number of hydrogen-bond donors (Lipinski definition) is 2. The Hall–Kier alpha value is -1.33. The average Bonchev–Trinajstić information content (AvgIpc) is 2.30. The first-order valence-corrected chi connectivity index (χ1v) is 5.96. The summed E-state index contributed by atoms with van der Waals surface area (Å²) in [7, 11) is 0. The number of piperidine rings is 1. The largest absolute Gasteiger partial charge is 0.381 e. The van der Waals surface area contributed by atoms with Gasteiger partial charge in [-0.2, -0.15) is 0 Å². The minimum absolute atomic E-state index is 0.0565. The van der Waals surface area contributed by atoms with Crippen molar-refractivity contribution in [2.45, 2.75) is 18.9 Å². The molecule has 6 heteroatoms. The van der Waals surface area contributed by atoms with Gasteiger partial charge in [0.25, 0.3) is 5.69 Å². The molecule has 2 N–H and O–H groups in total. The molecule has 1 fully saturated rings. The standard InChI is InChI=1S/C11H14ClN3O2/c12-10-6-8(3-4-11(10)15(16)17)14-9-2-1-5-13-7-9/h3-4,6,9,13-14H,1-2,5,7H2. The van der Waals surface area contributed by atoms with Gasteiger partial charge < -0.3 is 10.6 Å². The second kappa shape index (κ2) is 5.33. The second-order valence-corrected chi connectivity index (χ2v) is 4.52. The smallest absolute Gasteiger partial charge is 0.288 e. The third-order valence-electron chi connectivity index (χ3n) is 2.81. The van der Waals surface area contributed by atoms with Crippen LogP contribution in [0.25, 0.3) is 0 Å². The fourth-order valence-electron chi connectivity index (χ4n) is 1.96. The van der Waals surface area contributed by atoms with E-state index in [0.717, 1.165) is 31.6 Å². The predicted molar refractivity (Wildman–Crippen MR) is 67.6 cm³/mol. The van der Waals surface area contributed by atoms with Crippen LogP contribution in [0.4, 0.5) is 11.4 Å². The molecule has 0 bridgehead atoms. The van der Waals surface area contributed by atoms with E-state index in [9.17, 15) is 10.1 Å². The third kappa shape index (κ3) is 3.08. The molecular formula is C11H14ClN3O2. The van der Waals surface area contributed by atoms with Gasteiger partial charge in [-0.25, -0.2) is 0 Å². The summed E-state index contributed by atoms with van der Waals surface area (Å²) in [5.74, 6) is 0. The fourth-order valence-corrected chi connectivity index (χ4v) is 2.21. The maximum absolute atomic E-state index is 10.6. The van der Waals surface area contributed by atoms with Gasteiger partial charge >= 0.3 is 0 Å². The quantitative estimate of drug-likeness (QED) is 0.643. The zero-order valence-corrected chi connectivity index (χ0v) is 10.0. The number of halogens is 1. The molecule has 1 aliphatic rings. The minimum atomic E-state index is -0.478. The average molecular weight is 256 g/mol. The van der Waals surface area contributed by atoms with Crippen LogP contribution in [0.1, 0.15) is 12.8 Å². The SMILES string of the molecule is O=[N+]([O-])c1ccc(NC2CCCNC2)cc1Cl. The van der Waals surface area contributed by atoms with Crippen molar-refractivity contribution in [3.63, 3.8) is 0 Å². The number of anilines is 1. The van der Waals surface area contributed by atoms with E-state index in [0.29, 0.717) is 6.04 Å². The van der Waals surface area contributed by atoms with Crippen LogP contribution in [-0.4, -0.2) is 24.1 Å².